The van der Waals surface area contributed by atoms with E-state index in [-0.39, 0.29) is 11.1 Å². The Morgan fingerprint density at radius 2 is 0.727 bits per heavy atom. The van der Waals surface area contributed by atoms with Crippen LogP contribution in [-0.2, 0) is 9.47 Å². The Kier molecular flexibility index (Phi) is 9.65. The fraction of sp³-hybridized carbons (Fsp3) is 0.0556. The maximum Gasteiger partial charge on any atom is 0.339 e. The first-order valence-electron chi connectivity index (χ1n) is 13.5. The van der Waals surface area contributed by atoms with Gasteiger partial charge in [-0.2, -0.15) is 0 Å². The molecule has 0 N–H and O–H groups in total. The Balaban J connectivity index is 1.35. The Bertz CT molecular complexity index is 1640. The van der Waals surface area contributed by atoms with Gasteiger partial charge in [0, 0.05) is 32.3 Å². The molecule has 218 valence electrons. The number of carbonyl (C=O) groups excluding carboxylic acids is 4. The van der Waals surface area contributed by atoms with E-state index in [1.807, 2.05) is 0 Å². The van der Waals surface area contributed by atoms with Crippen molar-refractivity contribution in [3.63, 3.8) is 0 Å². The molecule has 0 aromatic heterocycles. The molecule has 0 saturated heterocycles. The zero-order valence-corrected chi connectivity index (χ0v) is 24.6. The molecule has 0 spiro atoms. The van der Waals surface area contributed by atoms with E-state index < -0.39 is 35.7 Å². The second kappa shape index (κ2) is 14.0. The van der Waals surface area contributed by atoms with Crippen molar-refractivity contribution in [1.29, 1.82) is 0 Å². The first kappa shape index (κ1) is 30.4. The normalized spacial score (nSPS) is 12.0. The van der Waals surface area contributed by atoms with Crippen LogP contribution in [-0.4, -0.2) is 23.5 Å². The summed E-state index contributed by atoms with van der Waals surface area (Å²) in [5.74, 6) is -2.35. The van der Waals surface area contributed by atoms with E-state index in [0.717, 1.165) is 0 Å². The maximum atomic E-state index is 13.3. The van der Waals surface area contributed by atoms with Gasteiger partial charge in [0.05, 0.1) is 11.1 Å². The van der Waals surface area contributed by atoms with Gasteiger partial charge in [0.25, 0.3) is 0 Å². The summed E-state index contributed by atoms with van der Waals surface area (Å²) in [7, 11) is 0. The van der Waals surface area contributed by atoms with Crippen LogP contribution in [0.2, 0.25) is 10.0 Å². The number of halogens is 2. The molecule has 0 aliphatic heterocycles. The molecule has 0 fully saturated rings. The maximum absolute atomic E-state index is 13.3. The number of benzene rings is 5. The summed E-state index contributed by atoms with van der Waals surface area (Å²) in [6, 6.07) is 35.5. The molecule has 8 heteroatoms. The van der Waals surface area contributed by atoms with Crippen LogP contribution in [0.15, 0.2) is 133 Å². The van der Waals surface area contributed by atoms with Crippen LogP contribution >= 0.6 is 23.2 Å². The molecular formula is C36H24Cl2O6. The van der Waals surface area contributed by atoms with Crippen LogP contribution in [0, 0.1) is 0 Å². The molecule has 0 amide bonds. The summed E-state index contributed by atoms with van der Waals surface area (Å²) in [6.45, 7) is 0. The molecule has 0 unspecified atom stereocenters. The van der Waals surface area contributed by atoms with Gasteiger partial charge in [-0.1, -0.05) is 108 Å². The van der Waals surface area contributed by atoms with E-state index >= 15 is 0 Å². The highest BCUT2D eigenvalue weighted by Crippen LogP contribution is 2.28. The average Bonchev–Trinajstić information content (AvgIpc) is 3.07. The number of ether oxygens (including phenoxy) is 2. The molecular weight excluding hydrogens is 599 g/mol. The molecule has 0 heterocycles. The summed E-state index contributed by atoms with van der Waals surface area (Å²) in [5, 5.41) is 0.939. The van der Waals surface area contributed by atoms with Crippen LogP contribution in [0.1, 0.15) is 64.8 Å². The summed E-state index contributed by atoms with van der Waals surface area (Å²) in [5.41, 5.74) is 1.87. The van der Waals surface area contributed by atoms with Gasteiger partial charge < -0.3 is 9.47 Å². The third kappa shape index (κ3) is 7.29. The second-order valence-electron chi connectivity index (χ2n) is 9.71. The molecule has 5 rings (SSSR count). The molecule has 0 aliphatic carbocycles. The molecule has 0 aliphatic rings. The third-order valence-corrected chi connectivity index (χ3v) is 7.25. The number of esters is 2. The average molecular weight is 623 g/mol. The van der Waals surface area contributed by atoms with Crippen molar-refractivity contribution >= 4 is 46.7 Å². The molecule has 0 radical (unpaired) electrons. The minimum Gasteiger partial charge on any atom is -0.445 e. The topological polar surface area (TPSA) is 86.7 Å². The number of rotatable bonds is 10. The van der Waals surface area contributed by atoms with E-state index in [0.29, 0.717) is 32.3 Å². The fourth-order valence-electron chi connectivity index (χ4n) is 4.42. The molecule has 0 bridgehead atoms. The lowest BCUT2D eigenvalue weighted by molar-refractivity contribution is 0.0273. The third-order valence-electron chi connectivity index (χ3n) is 6.74. The Hall–Kier alpha value is -5.04. The largest absolute Gasteiger partial charge is 0.445 e. The molecule has 5 aromatic rings. The summed E-state index contributed by atoms with van der Waals surface area (Å²) >= 11 is 12.0. The standard InChI is InChI=1S/C36H24Cl2O6/c37-29-19-15-25(16-20-29)33(31(39)23-7-3-1-4-8-23)43-35(41)27-11-13-28(14-12-27)36(42)44-34(26-17-21-30(38)22-18-26)32(40)24-9-5-2-6-10-24/h1-22,33-34H/t33-,34+. The van der Waals surface area contributed by atoms with Gasteiger partial charge in [-0.25, -0.2) is 9.59 Å². The predicted molar refractivity (Wildman–Crippen MR) is 167 cm³/mol. The van der Waals surface area contributed by atoms with Crippen molar-refractivity contribution in [3.8, 4) is 0 Å². The fourth-order valence-corrected chi connectivity index (χ4v) is 4.67. The predicted octanol–water partition coefficient (Wildman–Crippen LogP) is 8.56. The van der Waals surface area contributed by atoms with Crippen LogP contribution < -0.4 is 0 Å². The highest BCUT2D eigenvalue weighted by molar-refractivity contribution is 6.30. The second-order valence-corrected chi connectivity index (χ2v) is 10.6. The quantitative estimate of drug-likeness (QED) is 0.114. The van der Waals surface area contributed by atoms with Crippen molar-refractivity contribution in [1.82, 2.24) is 0 Å². The summed E-state index contributed by atoms with van der Waals surface area (Å²) < 4.78 is 11.4. The Morgan fingerprint density at radius 3 is 1.05 bits per heavy atom. The highest BCUT2D eigenvalue weighted by atomic mass is 35.5. The lowest BCUT2D eigenvalue weighted by atomic mass is 9.99. The molecule has 0 saturated carbocycles. The number of carbonyl (C=O) groups is 4. The minimum atomic E-state index is -1.23. The van der Waals surface area contributed by atoms with Crippen molar-refractivity contribution in [2.45, 2.75) is 12.2 Å². The van der Waals surface area contributed by atoms with Gasteiger partial charge in [-0.15, -0.1) is 0 Å². The number of ketones is 2. The number of Topliss-reactive ketones (excluding diaryl/α,β-unsaturated/α-hetero) is 2. The van der Waals surface area contributed by atoms with Crippen LogP contribution in [0.5, 0.6) is 0 Å². The summed E-state index contributed by atoms with van der Waals surface area (Å²) in [4.78, 5) is 53.0. The van der Waals surface area contributed by atoms with E-state index in [1.165, 1.54) is 24.3 Å². The van der Waals surface area contributed by atoms with Crippen molar-refractivity contribution in [2.75, 3.05) is 0 Å². The van der Waals surface area contributed by atoms with Crippen molar-refractivity contribution < 1.29 is 28.7 Å². The van der Waals surface area contributed by atoms with Gasteiger partial charge >= 0.3 is 11.9 Å². The highest BCUT2D eigenvalue weighted by Gasteiger charge is 2.29. The SMILES string of the molecule is O=C(O[C@H](C(=O)c1ccccc1)c1ccc(Cl)cc1)c1ccc(C(=O)O[C@@H](C(=O)c2ccccc2)c2ccc(Cl)cc2)cc1. The smallest absolute Gasteiger partial charge is 0.339 e. The van der Waals surface area contributed by atoms with Crippen LogP contribution in [0.25, 0.3) is 0 Å². The van der Waals surface area contributed by atoms with Gasteiger partial charge in [0.1, 0.15) is 0 Å². The first-order chi connectivity index (χ1) is 21.3. The lowest BCUT2D eigenvalue weighted by Gasteiger charge is -2.18. The van der Waals surface area contributed by atoms with Gasteiger partial charge in [0.15, 0.2) is 12.2 Å². The van der Waals surface area contributed by atoms with Crippen molar-refractivity contribution in [2.24, 2.45) is 0 Å². The first-order valence-corrected chi connectivity index (χ1v) is 14.3. The van der Waals surface area contributed by atoms with Gasteiger partial charge in [-0.3, -0.25) is 9.59 Å². The number of hydrogen-bond acceptors (Lipinski definition) is 6. The zero-order chi connectivity index (χ0) is 31.1. The molecule has 6 nitrogen and oxygen atoms in total. The minimum absolute atomic E-state index is 0.107. The van der Waals surface area contributed by atoms with E-state index in [4.69, 9.17) is 32.7 Å². The lowest BCUT2D eigenvalue weighted by Crippen LogP contribution is -2.21. The van der Waals surface area contributed by atoms with Gasteiger partial charge in [0.2, 0.25) is 11.6 Å². The van der Waals surface area contributed by atoms with E-state index in [2.05, 4.69) is 0 Å². The Labute approximate surface area is 263 Å². The van der Waals surface area contributed by atoms with Crippen LogP contribution in [0.4, 0.5) is 0 Å². The van der Waals surface area contributed by atoms with Crippen molar-refractivity contribution in [3.05, 3.63) is 177 Å². The molecule has 5 aromatic carbocycles. The van der Waals surface area contributed by atoms with Gasteiger partial charge in [-0.05, 0) is 48.5 Å². The van der Waals surface area contributed by atoms with Crippen LogP contribution in [0.3, 0.4) is 0 Å². The van der Waals surface area contributed by atoms with E-state index in [9.17, 15) is 19.2 Å². The monoisotopic (exact) mass is 622 g/mol. The van der Waals surface area contributed by atoms with E-state index in [1.54, 1.807) is 109 Å². The zero-order valence-electron chi connectivity index (χ0n) is 23.1. The summed E-state index contributed by atoms with van der Waals surface area (Å²) in [6.07, 6.45) is -2.45. The molecule has 2 atom stereocenters. The number of hydrogen-bond donors (Lipinski definition) is 0. The molecule has 44 heavy (non-hydrogen) atoms. The Morgan fingerprint density at radius 1 is 0.409 bits per heavy atom.